The van der Waals surface area contributed by atoms with Crippen LogP contribution in [-0.4, -0.2) is 54.6 Å². The number of rotatable bonds is 4. The average molecular weight is 450 g/mol. The molecule has 1 amide bonds. The zero-order valence-corrected chi connectivity index (χ0v) is 18.2. The number of nitro benzene ring substituents is 1. The van der Waals surface area contributed by atoms with Crippen LogP contribution in [0.15, 0.2) is 35.2 Å². The highest BCUT2D eigenvalue weighted by Gasteiger charge is 2.32. The Morgan fingerprint density at radius 2 is 1.93 bits per heavy atom. The van der Waals surface area contributed by atoms with Crippen LogP contribution in [-0.2, 0) is 22.9 Å². The Kier molecular flexibility index (Phi) is 5.65. The third kappa shape index (κ3) is 3.99. The van der Waals surface area contributed by atoms with Crippen molar-refractivity contribution in [1.82, 2.24) is 9.21 Å². The predicted octanol–water partition coefficient (Wildman–Crippen LogP) is 2.93. The van der Waals surface area contributed by atoms with Crippen LogP contribution in [0.5, 0.6) is 0 Å². The number of fused-ring (bicyclic) bond motifs is 1. The van der Waals surface area contributed by atoms with Gasteiger partial charge < -0.3 is 4.90 Å². The second-order valence-electron chi connectivity index (χ2n) is 7.86. The quantitative estimate of drug-likeness (QED) is 0.528. The van der Waals surface area contributed by atoms with E-state index in [2.05, 4.69) is 6.92 Å². The second kappa shape index (κ2) is 8.09. The summed E-state index contributed by atoms with van der Waals surface area (Å²) in [6, 6.07) is 7.06. The number of benzene rings is 1. The van der Waals surface area contributed by atoms with Crippen LogP contribution in [0.4, 0.5) is 5.69 Å². The standard InChI is InChI=1S/C20H23N3O5S2/c1-14-5-6-18-15(11-14)12-19(29-18)20(24)21-7-9-22(10-8-21)30(27,28)17-4-2-3-16(13-17)23(25)26/h2-4,12-14H,5-11H2,1H3. The van der Waals surface area contributed by atoms with E-state index in [0.717, 1.165) is 30.2 Å². The monoisotopic (exact) mass is 449 g/mol. The highest BCUT2D eigenvalue weighted by Crippen LogP contribution is 2.33. The van der Waals surface area contributed by atoms with E-state index in [9.17, 15) is 23.3 Å². The Morgan fingerprint density at radius 3 is 2.63 bits per heavy atom. The van der Waals surface area contributed by atoms with Crippen LogP contribution in [0.25, 0.3) is 0 Å². The van der Waals surface area contributed by atoms with E-state index in [1.165, 1.54) is 32.9 Å². The number of amides is 1. The largest absolute Gasteiger partial charge is 0.335 e. The highest BCUT2D eigenvalue weighted by atomic mass is 32.2. The fraction of sp³-hybridized carbons (Fsp3) is 0.450. The molecule has 1 aliphatic heterocycles. The Labute approximate surface area is 179 Å². The molecule has 1 aromatic carbocycles. The van der Waals surface area contributed by atoms with Gasteiger partial charge in [-0.2, -0.15) is 4.31 Å². The molecule has 2 aromatic rings. The first kappa shape index (κ1) is 21.0. The lowest BCUT2D eigenvalue weighted by Gasteiger charge is -2.33. The van der Waals surface area contributed by atoms with Gasteiger partial charge in [0, 0.05) is 43.2 Å². The molecule has 1 saturated heterocycles. The molecule has 0 saturated carbocycles. The zero-order valence-electron chi connectivity index (χ0n) is 16.6. The van der Waals surface area contributed by atoms with E-state index in [1.807, 2.05) is 6.07 Å². The first-order chi connectivity index (χ1) is 14.3. The highest BCUT2D eigenvalue weighted by molar-refractivity contribution is 7.89. The summed E-state index contributed by atoms with van der Waals surface area (Å²) in [7, 11) is -3.85. The number of piperazine rings is 1. The molecule has 1 aliphatic carbocycles. The number of non-ortho nitro benzene ring substituents is 1. The van der Waals surface area contributed by atoms with Crippen LogP contribution in [0.3, 0.4) is 0 Å². The van der Waals surface area contributed by atoms with E-state index in [0.29, 0.717) is 19.0 Å². The summed E-state index contributed by atoms with van der Waals surface area (Å²) in [6.45, 7) is 3.15. The summed E-state index contributed by atoms with van der Waals surface area (Å²) in [5, 5.41) is 11.0. The summed E-state index contributed by atoms with van der Waals surface area (Å²) in [6.07, 6.45) is 3.17. The molecule has 0 N–H and O–H groups in total. The predicted molar refractivity (Wildman–Crippen MR) is 113 cm³/mol. The number of nitrogens with zero attached hydrogens (tertiary/aromatic N) is 3. The van der Waals surface area contributed by atoms with Gasteiger partial charge in [0.15, 0.2) is 0 Å². The number of hydrogen-bond donors (Lipinski definition) is 0. The molecule has 2 aliphatic rings. The molecule has 1 aromatic heterocycles. The van der Waals surface area contributed by atoms with Gasteiger partial charge in [0.25, 0.3) is 11.6 Å². The van der Waals surface area contributed by atoms with Crippen LogP contribution < -0.4 is 0 Å². The minimum Gasteiger partial charge on any atom is -0.335 e. The topological polar surface area (TPSA) is 101 Å². The summed E-state index contributed by atoms with van der Waals surface area (Å²) in [5.41, 5.74) is 1.01. The first-order valence-corrected chi connectivity index (χ1v) is 12.2. The second-order valence-corrected chi connectivity index (χ2v) is 10.9. The summed E-state index contributed by atoms with van der Waals surface area (Å²) >= 11 is 1.56. The SMILES string of the molecule is CC1CCc2sc(C(=O)N3CCN(S(=O)(=O)c4cccc([N+](=O)[O-])c4)CC3)cc2C1. The molecule has 2 heterocycles. The molecule has 0 spiro atoms. The van der Waals surface area contributed by atoms with Gasteiger partial charge >= 0.3 is 0 Å². The Bertz CT molecular complexity index is 1090. The normalized spacial score (nSPS) is 20.0. The molecular weight excluding hydrogens is 426 g/mol. The summed E-state index contributed by atoms with van der Waals surface area (Å²) < 4.78 is 27.0. The maximum Gasteiger partial charge on any atom is 0.270 e. The van der Waals surface area contributed by atoms with Crippen molar-refractivity contribution in [2.45, 2.75) is 31.1 Å². The number of thiophene rings is 1. The van der Waals surface area contributed by atoms with Gasteiger partial charge in [0.05, 0.1) is 14.7 Å². The fourth-order valence-electron chi connectivity index (χ4n) is 4.01. The number of sulfonamides is 1. The van der Waals surface area contributed by atoms with Gasteiger partial charge in [-0.05, 0) is 42.9 Å². The number of carbonyl (C=O) groups is 1. The van der Waals surface area contributed by atoms with Crippen molar-refractivity contribution < 1.29 is 18.1 Å². The van der Waals surface area contributed by atoms with E-state index in [4.69, 9.17) is 0 Å². The molecule has 1 unspecified atom stereocenters. The van der Waals surface area contributed by atoms with Crippen molar-refractivity contribution in [2.75, 3.05) is 26.2 Å². The molecule has 8 nitrogen and oxygen atoms in total. The van der Waals surface area contributed by atoms with Crippen LogP contribution >= 0.6 is 11.3 Å². The van der Waals surface area contributed by atoms with E-state index >= 15 is 0 Å². The molecule has 160 valence electrons. The lowest BCUT2D eigenvalue weighted by Crippen LogP contribution is -2.50. The third-order valence-electron chi connectivity index (χ3n) is 5.73. The van der Waals surface area contributed by atoms with Crippen molar-refractivity contribution in [3.05, 3.63) is 55.8 Å². The number of aryl methyl sites for hydroxylation is 1. The van der Waals surface area contributed by atoms with Crippen LogP contribution in [0.2, 0.25) is 0 Å². The van der Waals surface area contributed by atoms with Gasteiger partial charge in [-0.25, -0.2) is 8.42 Å². The molecule has 0 bridgehead atoms. The molecular formula is C20H23N3O5S2. The summed E-state index contributed by atoms with van der Waals surface area (Å²) in [5.74, 6) is 0.590. The first-order valence-electron chi connectivity index (χ1n) is 9.91. The van der Waals surface area contributed by atoms with Crippen molar-refractivity contribution in [3.8, 4) is 0 Å². The zero-order chi connectivity index (χ0) is 21.5. The van der Waals surface area contributed by atoms with Crippen LogP contribution in [0.1, 0.15) is 33.5 Å². The van der Waals surface area contributed by atoms with Crippen molar-refractivity contribution in [1.29, 1.82) is 0 Å². The van der Waals surface area contributed by atoms with Gasteiger partial charge in [-0.15, -0.1) is 11.3 Å². The van der Waals surface area contributed by atoms with Crippen molar-refractivity contribution >= 4 is 33.0 Å². The van der Waals surface area contributed by atoms with Crippen molar-refractivity contribution in [2.24, 2.45) is 5.92 Å². The molecule has 10 heteroatoms. The lowest BCUT2D eigenvalue weighted by molar-refractivity contribution is -0.385. The lowest BCUT2D eigenvalue weighted by atomic mass is 9.90. The molecule has 4 rings (SSSR count). The fourth-order valence-corrected chi connectivity index (χ4v) is 6.64. The number of hydrogen-bond acceptors (Lipinski definition) is 6. The third-order valence-corrected chi connectivity index (χ3v) is 8.85. The van der Waals surface area contributed by atoms with Gasteiger partial charge in [-0.3, -0.25) is 14.9 Å². The number of carbonyl (C=O) groups excluding carboxylic acids is 1. The van der Waals surface area contributed by atoms with Gasteiger partial charge in [0.2, 0.25) is 10.0 Å². The molecule has 30 heavy (non-hydrogen) atoms. The molecule has 0 radical (unpaired) electrons. The minimum absolute atomic E-state index is 0.0468. The maximum atomic E-state index is 12.9. The Balaban J connectivity index is 1.44. The number of nitro groups is 1. The van der Waals surface area contributed by atoms with Crippen molar-refractivity contribution in [3.63, 3.8) is 0 Å². The smallest absolute Gasteiger partial charge is 0.270 e. The van der Waals surface area contributed by atoms with Gasteiger partial charge in [-0.1, -0.05) is 13.0 Å². The minimum atomic E-state index is -3.85. The Morgan fingerprint density at radius 1 is 1.20 bits per heavy atom. The van der Waals surface area contributed by atoms with Gasteiger partial charge in [0.1, 0.15) is 0 Å². The molecule has 1 fully saturated rings. The van der Waals surface area contributed by atoms with E-state index < -0.39 is 14.9 Å². The summed E-state index contributed by atoms with van der Waals surface area (Å²) in [4.78, 5) is 26.9. The molecule has 1 atom stereocenters. The Hall–Kier alpha value is -2.30. The van der Waals surface area contributed by atoms with Crippen LogP contribution in [0, 0.1) is 16.0 Å². The average Bonchev–Trinajstić information content (AvgIpc) is 3.16. The van der Waals surface area contributed by atoms with E-state index in [1.54, 1.807) is 16.2 Å². The maximum absolute atomic E-state index is 12.9. The van der Waals surface area contributed by atoms with E-state index in [-0.39, 0.29) is 29.6 Å².